The number of nitrogen functional groups attached to an aromatic ring is 1. The first-order valence-corrected chi connectivity index (χ1v) is 11.9. The molecule has 1 atom stereocenters. The van der Waals surface area contributed by atoms with Crippen LogP contribution in [-0.4, -0.2) is 42.6 Å². The van der Waals surface area contributed by atoms with Crippen LogP contribution in [0.4, 0.5) is 5.82 Å². The summed E-state index contributed by atoms with van der Waals surface area (Å²) in [6.45, 7) is 4.75. The van der Waals surface area contributed by atoms with E-state index >= 15 is 0 Å². The van der Waals surface area contributed by atoms with E-state index in [0.29, 0.717) is 29.4 Å². The molecule has 3 N–H and O–H groups in total. The maximum atomic E-state index is 12.8. The molecule has 3 heterocycles. The van der Waals surface area contributed by atoms with Gasteiger partial charge in [0.25, 0.3) is 0 Å². The molecular formula is C20H23N5O3S2. The van der Waals surface area contributed by atoms with E-state index in [0.717, 1.165) is 28.3 Å². The zero-order chi connectivity index (χ0) is 21.3. The smallest absolute Gasteiger partial charge is 0.240 e. The van der Waals surface area contributed by atoms with Gasteiger partial charge in [0.15, 0.2) is 5.82 Å². The lowest BCUT2D eigenvalue weighted by Crippen LogP contribution is -2.31. The molecule has 1 saturated heterocycles. The Morgan fingerprint density at radius 1 is 1.27 bits per heavy atom. The van der Waals surface area contributed by atoms with Crippen LogP contribution in [0.1, 0.15) is 23.4 Å². The van der Waals surface area contributed by atoms with Gasteiger partial charge in [-0.3, -0.25) is 0 Å². The quantitative estimate of drug-likeness (QED) is 0.598. The summed E-state index contributed by atoms with van der Waals surface area (Å²) in [6.07, 6.45) is 5.03. The van der Waals surface area contributed by atoms with Crippen molar-refractivity contribution < 1.29 is 13.2 Å². The summed E-state index contributed by atoms with van der Waals surface area (Å²) in [6, 6.07) is 4.98. The summed E-state index contributed by atoms with van der Waals surface area (Å²) in [5.41, 5.74) is 8.70. The maximum Gasteiger partial charge on any atom is 0.240 e. The van der Waals surface area contributed by atoms with Crippen LogP contribution in [0.5, 0.6) is 0 Å². The van der Waals surface area contributed by atoms with Gasteiger partial charge in [0.1, 0.15) is 5.69 Å². The Kier molecular flexibility index (Phi) is 5.83. The number of sulfonamides is 1. The number of hydrogen-bond donors (Lipinski definition) is 2. The number of hydrogen-bond acceptors (Lipinski definition) is 8. The molecule has 0 amide bonds. The lowest BCUT2D eigenvalue weighted by molar-refractivity contribution is 0.114. The molecule has 1 aliphatic heterocycles. The van der Waals surface area contributed by atoms with Crippen molar-refractivity contribution in [1.29, 1.82) is 0 Å². The summed E-state index contributed by atoms with van der Waals surface area (Å²) in [5, 5.41) is 0.901. The summed E-state index contributed by atoms with van der Waals surface area (Å²) in [4.78, 5) is 14.2. The van der Waals surface area contributed by atoms with Crippen molar-refractivity contribution in [3.63, 3.8) is 0 Å². The predicted octanol–water partition coefficient (Wildman–Crippen LogP) is 2.92. The standard InChI is InChI=1S/C20H23N5O3S2/c1-12-5-6-15(30(26,27)24-9-14-4-3-7-28-14)8-16(12)17-10-23-20(21)19(25-17)18-11-22-13(2)29-18/h5-6,8,10-11,14,24H,3-4,7,9H2,1-2H3,(H2,21,23)/t14-/m1/s1. The molecule has 0 radical (unpaired) electrons. The Labute approximate surface area is 179 Å². The molecule has 1 aromatic carbocycles. The number of benzene rings is 1. The zero-order valence-corrected chi connectivity index (χ0v) is 18.4. The molecule has 1 fully saturated rings. The number of rotatable bonds is 6. The third-order valence-corrected chi connectivity index (χ3v) is 7.32. The van der Waals surface area contributed by atoms with Gasteiger partial charge in [-0.25, -0.2) is 28.1 Å². The van der Waals surface area contributed by atoms with Gasteiger partial charge in [0.2, 0.25) is 10.0 Å². The molecule has 1 aliphatic rings. The lowest BCUT2D eigenvalue weighted by Gasteiger charge is -2.13. The first kappa shape index (κ1) is 20.9. The number of thiazole rings is 1. The number of aryl methyl sites for hydroxylation is 2. The van der Waals surface area contributed by atoms with E-state index in [9.17, 15) is 8.42 Å². The first-order valence-electron chi connectivity index (χ1n) is 9.61. The van der Waals surface area contributed by atoms with Gasteiger partial charge in [0.05, 0.1) is 32.8 Å². The normalized spacial score (nSPS) is 16.8. The fourth-order valence-corrected chi connectivity index (χ4v) is 5.18. The first-order chi connectivity index (χ1) is 14.3. The molecule has 0 saturated carbocycles. The topological polar surface area (TPSA) is 120 Å². The van der Waals surface area contributed by atoms with Gasteiger partial charge in [-0.1, -0.05) is 6.07 Å². The second-order valence-corrected chi connectivity index (χ2v) is 10.2. The number of nitrogens with zero attached hydrogens (tertiary/aromatic N) is 3. The molecule has 0 aliphatic carbocycles. The molecule has 0 bridgehead atoms. The Balaban J connectivity index is 1.66. The van der Waals surface area contributed by atoms with Crippen molar-refractivity contribution in [2.75, 3.05) is 18.9 Å². The van der Waals surface area contributed by atoms with Crippen LogP contribution < -0.4 is 10.5 Å². The molecule has 4 rings (SSSR count). The van der Waals surface area contributed by atoms with E-state index in [1.54, 1.807) is 30.6 Å². The molecule has 2 aromatic heterocycles. The second-order valence-electron chi connectivity index (χ2n) is 7.20. The summed E-state index contributed by atoms with van der Waals surface area (Å²) in [5.74, 6) is 0.307. The number of nitrogens with two attached hydrogens (primary N) is 1. The van der Waals surface area contributed by atoms with Crippen molar-refractivity contribution in [2.24, 2.45) is 0 Å². The van der Waals surface area contributed by atoms with Crippen molar-refractivity contribution in [1.82, 2.24) is 19.7 Å². The van der Waals surface area contributed by atoms with Gasteiger partial charge in [-0.15, -0.1) is 11.3 Å². The van der Waals surface area contributed by atoms with E-state index in [2.05, 4.69) is 19.7 Å². The maximum absolute atomic E-state index is 12.8. The van der Waals surface area contributed by atoms with Crippen molar-refractivity contribution in [3.8, 4) is 21.8 Å². The minimum absolute atomic E-state index is 0.0712. The third-order valence-electron chi connectivity index (χ3n) is 4.98. The highest BCUT2D eigenvalue weighted by atomic mass is 32.2. The SMILES string of the molecule is Cc1ncc(-c2nc(-c3cc(S(=O)(=O)NC[C@H]4CCCO4)ccc3C)cnc2N)s1. The number of ether oxygens (including phenoxy) is 1. The highest BCUT2D eigenvalue weighted by Crippen LogP contribution is 2.31. The average molecular weight is 446 g/mol. The predicted molar refractivity (Wildman–Crippen MR) is 117 cm³/mol. The molecule has 0 unspecified atom stereocenters. The molecule has 30 heavy (non-hydrogen) atoms. The Hall–Kier alpha value is -2.40. The van der Waals surface area contributed by atoms with Crippen LogP contribution in [0.25, 0.3) is 21.8 Å². The fourth-order valence-electron chi connectivity index (χ4n) is 3.32. The molecule has 158 valence electrons. The molecular weight excluding hydrogens is 422 g/mol. The van der Waals surface area contributed by atoms with Gasteiger partial charge < -0.3 is 10.5 Å². The number of anilines is 1. The fraction of sp³-hybridized carbons (Fsp3) is 0.350. The van der Waals surface area contributed by atoms with E-state index < -0.39 is 10.0 Å². The summed E-state index contributed by atoms with van der Waals surface area (Å²) >= 11 is 1.48. The lowest BCUT2D eigenvalue weighted by atomic mass is 10.1. The van der Waals surface area contributed by atoms with E-state index in [4.69, 9.17) is 10.5 Å². The van der Waals surface area contributed by atoms with Crippen LogP contribution in [-0.2, 0) is 14.8 Å². The summed E-state index contributed by atoms with van der Waals surface area (Å²) < 4.78 is 33.8. The van der Waals surface area contributed by atoms with Crippen LogP contribution in [0.2, 0.25) is 0 Å². The zero-order valence-electron chi connectivity index (χ0n) is 16.8. The molecule has 10 heteroatoms. The van der Waals surface area contributed by atoms with Crippen LogP contribution in [0.15, 0.2) is 35.5 Å². The van der Waals surface area contributed by atoms with Gasteiger partial charge >= 0.3 is 0 Å². The van der Waals surface area contributed by atoms with Gasteiger partial charge in [0, 0.05) is 24.9 Å². The van der Waals surface area contributed by atoms with Gasteiger partial charge in [-0.05, 0) is 44.4 Å². The minimum Gasteiger partial charge on any atom is -0.382 e. The highest BCUT2D eigenvalue weighted by Gasteiger charge is 2.21. The summed E-state index contributed by atoms with van der Waals surface area (Å²) in [7, 11) is -3.67. The monoisotopic (exact) mass is 445 g/mol. The molecule has 8 nitrogen and oxygen atoms in total. The van der Waals surface area contributed by atoms with Crippen LogP contribution in [0, 0.1) is 13.8 Å². The van der Waals surface area contributed by atoms with E-state index in [1.165, 1.54) is 11.3 Å². The third kappa shape index (κ3) is 4.36. The Morgan fingerprint density at radius 3 is 2.80 bits per heavy atom. The highest BCUT2D eigenvalue weighted by molar-refractivity contribution is 7.89. The van der Waals surface area contributed by atoms with Crippen molar-refractivity contribution in [3.05, 3.63) is 41.2 Å². The van der Waals surface area contributed by atoms with E-state index in [1.807, 2.05) is 13.8 Å². The van der Waals surface area contributed by atoms with E-state index in [-0.39, 0.29) is 17.5 Å². The number of nitrogens with one attached hydrogen (secondary N) is 1. The van der Waals surface area contributed by atoms with Crippen molar-refractivity contribution in [2.45, 2.75) is 37.7 Å². The second kappa shape index (κ2) is 8.38. The molecule has 0 spiro atoms. The Morgan fingerprint density at radius 2 is 2.10 bits per heavy atom. The largest absolute Gasteiger partial charge is 0.382 e. The van der Waals surface area contributed by atoms with Crippen LogP contribution in [0.3, 0.4) is 0 Å². The van der Waals surface area contributed by atoms with Crippen molar-refractivity contribution >= 4 is 27.2 Å². The average Bonchev–Trinajstić information content (AvgIpc) is 3.39. The minimum atomic E-state index is -3.67. The molecule has 3 aromatic rings. The van der Waals surface area contributed by atoms with Gasteiger partial charge in [-0.2, -0.15) is 0 Å². The number of aromatic nitrogens is 3. The Bertz CT molecular complexity index is 1170. The van der Waals surface area contributed by atoms with Crippen LogP contribution >= 0.6 is 11.3 Å².